The molecule has 0 saturated carbocycles. The molecule has 1 N–H and O–H groups in total. The Labute approximate surface area is 167 Å². The summed E-state index contributed by atoms with van der Waals surface area (Å²) in [5.41, 5.74) is 1.57. The molecule has 1 saturated heterocycles. The van der Waals surface area contributed by atoms with Gasteiger partial charge >= 0.3 is 0 Å². The van der Waals surface area contributed by atoms with Crippen molar-refractivity contribution in [3.05, 3.63) is 66.4 Å². The number of ether oxygens (including phenoxy) is 1. The maximum atomic E-state index is 12.8. The zero-order chi connectivity index (χ0) is 20.2. The van der Waals surface area contributed by atoms with E-state index in [0.29, 0.717) is 37.4 Å². The van der Waals surface area contributed by atoms with Crippen LogP contribution >= 0.6 is 0 Å². The summed E-state index contributed by atoms with van der Waals surface area (Å²) >= 11 is 0. The van der Waals surface area contributed by atoms with Gasteiger partial charge in [-0.05, 0) is 18.2 Å². The molecule has 1 aromatic heterocycles. The molecule has 2 amide bonds. The summed E-state index contributed by atoms with van der Waals surface area (Å²) in [5, 5.41) is 3.27. The molecule has 2 aromatic carbocycles. The van der Waals surface area contributed by atoms with Crippen LogP contribution in [0.25, 0.3) is 10.9 Å². The molecule has 2 heterocycles. The Morgan fingerprint density at radius 3 is 2.38 bits per heavy atom. The number of Topliss-reactive ketones (excluding diaryl/α,β-unsaturated/α-hetero) is 1. The number of aromatic nitrogens is 1. The summed E-state index contributed by atoms with van der Waals surface area (Å²) in [5.74, 6) is -1.39. The summed E-state index contributed by atoms with van der Waals surface area (Å²) in [6.45, 7) is 2.28. The van der Waals surface area contributed by atoms with Crippen LogP contribution < -0.4 is 5.32 Å². The fourth-order valence-electron chi connectivity index (χ4n) is 3.45. The molecular formula is C22H21N3O4. The van der Waals surface area contributed by atoms with Crippen molar-refractivity contribution in [3.63, 3.8) is 0 Å². The van der Waals surface area contributed by atoms with Crippen LogP contribution in [-0.4, -0.2) is 53.4 Å². The predicted molar refractivity (Wildman–Crippen MR) is 109 cm³/mol. The van der Waals surface area contributed by atoms with Crippen LogP contribution in [0.1, 0.15) is 10.4 Å². The fraction of sp³-hybridized carbons (Fsp3) is 0.227. The lowest BCUT2D eigenvalue weighted by Gasteiger charge is -2.27. The Morgan fingerprint density at radius 1 is 0.931 bits per heavy atom. The minimum Gasteiger partial charge on any atom is -0.378 e. The Hall–Kier alpha value is -3.45. The van der Waals surface area contributed by atoms with Crippen molar-refractivity contribution in [3.8, 4) is 0 Å². The molecule has 1 fully saturated rings. The summed E-state index contributed by atoms with van der Waals surface area (Å²) in [6, 6.07) is 16.1. The van der Waals surface area contributed by atoms with E-state index in [1.165, 1.54) is 0 Å². The molecule has 0 radical (unpaired) electrons. The number of hydrogen-bond acceptors (Lipinski definition) is 4. The first-order chi connectivity index (χ1) is 14.1. The van der Waals surface area contributed by atoms with Crippen LogP contribution in [0.3, 0.4) is 0 Å². The molecule has 0 atom stereocenters. The zero-order valence-electron chi connectivity index (χ0n) is 15.8. The van der Waals surface area contributed by atoms with Crippen molar-refractivity contribution in [2.24, 2.45) is 0 Å². The first kappa shape index (κ1) is 18.9. The van der Waals surface area contributed by atoms with Gasteiger partial charge < -0.3 is 19.5 Å². The maximum absolute atomic E-state index is 12.8. The molecular weight excluding hydrogens is 370 g/mol. The second-order valence-corrected chi connectivity index (χ2v) is 6.83. The number of para-hydroxylation sites is 2. The van der Waals surface area contributed by atoms with Crippen LogP contribution in [0.2, 0.25) is 0 Å². The van der Waals surface area contributed by atoms with Crippen LogP contribution in [0.15, 0.2) is 60.8 Å². The third kappa shape index (κ3) is 4.05. The van der Waals surface area contributed by atoms with E-state index >= 15 is 0 Å². The molecule has 0 spiro atoms. The topological polar surface area (TPSA) is 80.6 Å². The molecule has 7 heteroatoms. The smallest absolute Gasteiger partial charge is 0.296 e. The quantitative estimate of drug-likeness (QED) is 0.535. The zero-order valence-corrected chi connectivity index (χ0v) is 15.8. The lowest BCUT2D eigenvalue weighted by molar-refractivity contribution is -0.135. The van der Waals surface area contributed by atoms with Gasteiger partial charge in [-0.1, -0.05) is 36.4 Å². The van der Waals surface area contributed by atoms with Gasteiger partial charge in [0.15, 0.2) is 0 Å². The number of amides is 2. The SMILES string of the molecule is O=C(Nc1ccccc1)C(=O)c1cn(CC(=O)N2CCOCC2)c2ccccc12. The number of rotatable bonds is 5. The van der Waals surface area contributed by atoms with Gasteiger partial charge in [0.25, 0.3) is 11.7 Å². The number of benzene rings is 2. The van der Waals surface area contributed by atoms with Gasteiger partial charge in [-0.15, -0.1) is 0 Å². The standard InChI is InChI=1S/C22H21N3O4/c26-20(24-10-12-29-13-11-24)15-25-14-18(17-8-4-5-9-19(17)25)21(27)22(28)23-16-6-2-1-3-7-16/h1-9,14H,10-13,15H2,(H,23,28). The third-order valence-corrected chi connectivity index (χ3v) is 4.94. The first-order valence-corrected chi connectivity index (χ1v) is 9.47. The average Bonchev–Trinajstić information content (AvgIpc) is 3.13. The van der Waals surface area contributed by atoms with Gasteiger partial charge in [0.2, 0.25) is 5.91 Å². The van der Waals surface area contributed by atoms with Crippen LogP contribution in [0.5, 0.6) is 0 Å². The van der Waals surface area contributed by atoms with E-state index in [2.05, 4.69) is 5.32 Å². The minimum atomic E-state index is -0.710. The van der Waals surface area contributed by atoms with Crippen LogP contribution in [0, 0.1) is 0 Å². The molecule has 0 unspecified atom stereocenters. The summed E-state index contributed by atoms with van der Waals surface area (Å²) in [4.78, 5) is 39.7. The monoisotopic (exact) mass is 391 g/mol. The predicted octanol–water partition coefficient (Wildman–Crippen LogP) is 2.32. The average molecular weight is 391 g/mol. The molecule has 3 aromatic rings. The van der Waals surface area contributed by atoms with Crippen molar-refractivity contribution in [2.45, 2.75) is 6.54 Å². The van der Waals surface area contributed by atoms with Crippen molar-refractivity contribution >= 4 is 34.2 Å². The van der Waals surface area contributed by atoms with Gasteiger partial charge in [-0.3, -0.25) is 14.4 Å². The van der Waals surface area contributed by atoms with Gasteiger partial charge in [-0.25, -0.2) is 0 Å². The molecule has 148 valence electrons. The molecule has 1 aliphatic rings. The molecule has 0 aliphatic carbocycles. The Balaban J connectivity index is 1.59. The number of carbonyl (C=O) groups excluding carboxylic acids is 3. The first-order valence-electron chi connectivity index (χ1n) is 9.47. The van der Waals surface area contributed by atoms with E-state index in [1.807, 2.05) is 24.3 Å². The van der Waals surface area contributed by atoms with E-state index in [1.54, 1.807) is 46.0 Å². The molecule has 1 aliphatic heterocycles. The van der Waals surface area contributed by atoms with Crippen molar-refractivity contribution in [2.75, 3.05) is 31.6 Å². The van der Waals surface area contributed by atoms with E-state index in [-0.39, 0.29) is 18.0 Å². The number of carbonyl (C=O) groups is 3. The second kappa shape index (κ2) is 8.28. The van der Waals surface area contributed by atoms with Crippen LogP contribution in [0.4, 0.5) is 5.69 Å². The second-order valence-electron chi connectivity index (χ2n) is 6.83. The number of fused-ring (bicyclic) bond motifs is 1. The highest BCUT2D eigenvalue weighted by Gasteiger charge is 2.23. The maximum Gasteiger partial charge on any atom is 0.296 e. The lowest BCUT2D eigenvalue weighted by Crippen LogP contribution is -2.42. The highest BCUT2D eigenvalue weighted by atomic mass is 16.5. The van der Waals surface area contributed by atoms with Gasteiger partial charge in [0, 0.05) is 35.9 Å². The Bertz CT molecular complexity index is 1050. The number of morpholine rings is 1. The number of anilines is 1. The largest absolute Gasteiger partial charge is 0.378 e. The molecule has 4 rings (SSSR count). The van der Waals surface area contributed by atoms with Gasteiger partial charge in [0.05, 0.1) is 18.8 Å². The highest BCUT2D eigenvalue weighted by Crippen LogP contribution is 2.23. The Morgan fingerprint density at radius 2 is 1.62 bits per heavy atom. The van der Waals surface area contributed by atoms with Crippen molar-refractivity contribution < 1.29 is 19.1 Å². The number of hydrogen-bond donors (Lipinski definition) is 1. The van der Waals surface area contributed by atoms with E-state index in [4.69, 9.17) is 4.74 Å². The number of nitrogens with zero attached hydrogens (tertiary/aromatic N) is 2. The van der Waals surface area contributed by atoms with Crippen LogP contribution in [-0.2, 0) is 20.9 Å². The summed E-state index contributed by atoms with van der Waals surface area (Å²) < 4.78 is 7.02. The number of ketones is 1. The van der Waals surface area contributed by atoms with E-state index in [0.717, 1.165) is 5.52 Å². The minimum absolute atomic E-state index is 0.0400. The normalized spacial score (nSPS) is 14.0. The van der Waals surface area contributed by atoms with Crippen molar-refractivity contribution in [1.82, 2.24) is 9.47 Å². The fourth-order valence-corrected chi connectivity index (χ4v) is 3.45. The summed E-state index contributed by atoms with van der Waals surface area (Å²) in [6.07, 6.45) is 1.59. The van der Waals surface area contributed by atoms with E-state index < -0.39 is 11.7 Å². The lowest BCUT2D eigenvalue weighted by atomic mass is 10.1. The third-order valence-electron chi connectivity index (χ3n) is 4.94. The number of nitrogens with one attached hydrogen (secondary N) is 1. The Kier molecular flexibility index (Phi) is 5.39. The van der Waals surface area contributed by atoms with Gasteiger partial charge in [0.1, 0.15) is 6.54 Å². The highest BCUT2D eigenvalue weighted by molar-refractivity contribution is 6.48. The van der Waals surface area contributed by atoms with E-state index in [9.17, 15) is 14.4 Å². The molecule has 0 bridgehead atoms. The van der Waals surface area contributed by atoms with Crippen molar-refractivity contribution in [1.29, 1.82) is 0 Å². The molecule has 7 nitrogen and oxygen atoms in total. The summed E-state index contributed by atoms with van der Waals surface area (Å²) in [7, 11) is 0. The van der Waals surface area contributed by atoms with Gasteiger partial charge in [-0.2, -0.15) is 0 Å². The molecule has 29 heavy (non-hydrogen) atoms.